The molecule has 1 aliphatic heterocycles. The van der Waals surface area contributed by atoms with Crippen molar-refractivity contribution in [3.63, 3.8) is 0 Å². The number of para-hydroxylation sites is 2. The molecule has 2 aromatic heterocycles. The van der Waals surface area contributed by atoms with Gasteiger partial charge in [-0.3, -0.25) is 9.78 Å². The number of hydrogen-bond acceptors (Lipinski definition) is 7. The molecule has 0 fully saturated rings. The minimum absolute atomic E-state index is 0.0644. The molecular weight excluding hydrogens is 396 g/mol. The molecule has 0 saturated carbocycles. The Hall–Kier alpha value is -3.72. The number of aromatic nitrogens is 4. The first kappa shape index (κ1) is 20.5. The Kier molecular flexibility index (Phi) is 5.94. The van der Waals surface area contributed by atoms with E-state index in [9.17, 15) is 4.79 Å². The predicted molar refractivity (Wildman–Crippen MR) is 116 cm³/mol. The number of allylic oxidation sites excluding steroid dienone is 1. The highest BCUT2D eigenvalue weighted by atomic mass is 16.5. The second-order valence-electron chi connectivity index (χ2n) is 7.12. The van der Waals surface area contributed by atoms with Gasteiger partial charge in [-0.25, -0.2) is 4.68 Å². The number of aliphatic hydroxyl groups excluding tert-OH is 1. The van der Waals surface area contributed by atoms with Crippen LogP contribution in [-0.4, -0.2) is 44.5 Å². The Morgan fingerprint density at radius 3 is 2.77 bits per heavy atom. The van der Waals surface area contributed by atoms with Crippen LogP contribution in [0.5, 0.6) is 5.75 Å². The van der Waals surface area contributed by atoms with Gasteiger partial charge >= 0.3 is 0 Å². The zero-order chi connectivity index (χ0) is 21.8. The number of fused-ring (bicyclic) bond motifs is 1. The molecule has 0 saturated heterocycles. The number of benzene rings is 1. The van der Waals surface area contributed by atoms with E-state index in [1.807, 2.05) is 31.2 Å². The number of amides is 1. The van der Waals surface area contributed by atoms with Gasteiger partial charge in [-0.1, -0.05) is 12.1 Å². The summed E-state index contributed by atoms with van der Waals surface area (Å²) in [6.07, 6.45) is 4.48. The minimum Gasteiger partial charge on any atom is -0.495 e. The molecule has 0 aliphatic carbocycles. The molecular formula is C22H24N6O3. The van der Waals surface area contributed by atoms with E-state index in [-0.39, 0.29) is 12.5 Å². The number of carbonyl (C=O) groups excluding carboxylic acids is 1. The van der Waals surface area contributed by atoms with Crippen LogP contribution in [0.1, 0.15) is 30.8 Å². The molecule has 160 valence electrons. The van der Waals surface area contributed by atoms with Crippen LogP contribution in [0, 0.1) is 0 Å². The SMILES string of the molecule is COc1ccccc1NC(=O)C1=C(C)Nc2nc(CCCO)nn2C1c1ccncc1. The third-order valence-corrected chi connectivity index (χ3v) is 5.08. The molecule has 4 rings (SSSR count). The lowest BCUT2D eigenvalue weighted by Gasteiger charge is -2.28. The molecule has 1 amide bonds. The predicted octanol–water partition coefficient (Wildman–Crippen LogP) is 2.53. The van der Waals surface area contributed by atoms with E-state index in [1.54, 1.807) is 36.3 Å². The van der Waals surface area contributed by atoms with Crippen molar-refractivity contribution in [3.8, 4) is 5.75 Å². The standard InChI is InChI=1S/C22H24N6O3/c1-14-19(21(30)25-16-6-3-4-7-17(16)31-2)20(15-9-11-23-12-10-15)28-22(24-14)26-18(27-28)8-5-13-29/h3-4,6-7,9-12,20,29H,5,8,13H2,1-2H3,(H,25,30)(H,24,26,27). The van der Waals surface area contributed by atoms with E-state index >= 15 is 0 Å². The Morgan fingerprint density at radius 2 is 2.03 bits per heavy atom. The third-order valence-electron chi connectivity index (χ3n) is 5.08. The average Bonchev–Trinajstić information content (AvgIpc) is 3.19. The van der Waals surface area contributed by atoms with Gasteiger partial charge in [-0.05, 0) is 43.2 Å². The molecule has 9 nitrogen and oxygen atoms in total. The van der Waals surface area contributed by atoms with Crippen molar-refractivity contribution in [1.29, 1.82) is 0 Å². The summed E-state index contributed by atoms with van der Waals surface area (Å²) in [5.41, 5.74) is 2.64. The van der Waals surface area contributed by atoms with Crippen molar-refractivity contribution in [2.75, 3.05) is 24.4 Å². The fourth-order valence-electron chi connectivity index (χ4n) is 3.62. The Balaban J connectivity index is 1.74. The molecule has 1 aromatic carbocycles. The summed E-state index contributed by atoms with van der Waals surface area (Å²) in [5.74, 6) is 1.47. The van der Waals surface area contributed by atoms with Gasteiger partial charge in [-0.15, -0.1) is 0 Å². The van der Waals surface area contributed by atoms with Gasteiger partial charge in [0.15, 0.2) is 5.82 Å². The van der Waals surface area contributed by atoms with Crippen molar-refractivity contribution in [2.45, 2.75) is 25.8 Å². The van der Waals surface area contributed by atoms with Gasteiger partial charge in [0, 0.05) is 31.1 Å². The number of nitrogens with one attached hydrogen (secondary N) is 2. The first-order valence-corrected chi connectivity index (χ1v) is 10.0. The minimum atomic E-state index is -0.482. The summed E-state index contributed by atoms with van der Waals surface area (Å²) < 4.78 is 7.08. The number of ether oxygens (including phenoxy) is 1. The maximum atomic E-state index is 13.4. The largest absolute Gasteiger partial charge is 0.495 e. The van der Waals surface area contributed by atoms with E-state index in [0.29, 0.717) is 47.3 Å². The number of carbonyl (C=O) groups is 1. The van der Waals surface area contributed by atoms with Crippen LogP contribution in [0.25, 0.3) is 0 Å². The molecule has 31 heavy (non-hydrogen) atoms. The summed E-state index contributed by atoms with van der Waals surface area (Å²) in [4.78, 5) is 22.1. The van der Waals surface area contributed by atoms with Crippen LogP contribution in [0.4, 0.5) is 11.6 Å². The van der Waals surface area contributed by atoms with E-state index in [0.717, 1.165) is 5.56 Å². The summed E-state index contributed by atoms with van der Waals surface area (Å²) in [6.45, 7) is 1.91. The maximum absolute atomic E-state index is 13.4. The maximum Gasteiger partial charge on any atom is 0.255 e. The lowest BCUT2D eigenvalue weighted by molar-refractivity contribution is -0.113. The van der Waals surface area contributed by atoms with Crippen molar-refractivity contribution < 1.29 is 14.6 Å². The second kappa shape index (κ2) is 8.97. The molecule has 9 heteroatoms. The van der Waals surface area contributed by atoms with Crippen LogP contribution in [0.2, 0.25) is 0 Å². The van der Waals surface area contributed by atoms with Crippen LogP contribution in [0.15, 0.2) is 60.1 Å². The molecule has 0 bridgehead atoms. The lowest BCUT2D eigenvalue weighted by Crippen LogP contribution is -2.31. The zero-order valence-corrected chi connectivity index (χ0v) is 17.4. The van der Waals surface area contributed by atoms with Crippen molar-refractivity contribution in [2.24, 2.45) is 0 Å². The highest BCUT2D eigenvalue weighted by molar-refractivity contribution is 6.06. The first-order chi connectivity index (χ1) is 15.1. The van der Waals surface area contributed by atoms with Crippen LogP contribution in [-0.2, 0) is 11.2 Å². The number of nitrogens with zero attached hydrogens (tertiary/aromatic N) is 4. The first-order valence-electron chi connectivity index (χ1n) is 10.0. The smallest absolute Gasteiger partial charge is 0.255 e. The van der Waals surface area contributed by atoms with E-state index < -0.39 is 6.04 Å². The number of anilines is 2. The number of rotatable bonds is 7. The molecule has 1 aliphatic rings. The van der Waals surface area contributed by atoms with Gasteiger partial charge < -0.3 is 20.5 Å². The zero-order valence-electron chi connectivity index (χ0n) is 17.4. The van der Waals surface area contributed by atoms with Gasteiger partial charge in [-0.2, -0.15) is 10.1 Å². The molecule has 1 unspecified atom stereocenters. The average molecular weight is 420 g/mol. The molecule has 3 aromatic rings. The molecule has 3 heterocycles. The van der Waals surface area contributed by atoms with Crippen molar-refractivity contribution in [1.82, 2.24) is 19.7 Å². The summed E-state index contributed by atoms with van der Waals surface area (Å²) in [6, 6.07) is 10.5. The molecule has 0 spiro atoms. The normalized spacial score (nSPS) is 15.3. The number of methoxy groups -OCH3 is 1. The molecule has 3 N–H and O–H groups in total. The third kappa shape index (κ3) is 4.13. The number of hydrogen-bond donors (Lipinski definition) is 3. The van der Waals surface area contributed by atoms with Crippen molar-refractivity contribution in [3.05, 3.63) is 71.4 Å². The molecule has 0 radical (unpaired) electrons. The number of aliphatic hydroxyl groups is 1. The quantitative estimate of drug-likeness (QED) is 0.538. The van der Waals surface area contributed by atoms with Gasteiger partial charge in [0.05, 0.1) is 18.4 Å². The highest BCUT2D eigenvalue weighted by Crippen LogP contribution is 2.36. The fraction of sp³-hybridized carbons (Fsp3) is 0.273. The number of aryl methyl sites for hydroxylation is 1. The fourth-order valence-corrected chi connectivity index (χ4v) is 3.62. The summed E-state index contributed by atoms with van der Waals surface area (Å²) in [7, 11) is 1.56. The Labute approximate surface area is 179 Å². The summed E-state index contributed by atoms with van der Waals surface area (Å²) >= 11 is 0. The highest BCUT2D eigenvalue weighted by Gasteiger charge is 2.34. The van der Waals surface area contributed by atoms with Crippen LogP contribution in [0.3, 0.4) is 0 Å². The monoisotopic (exact) mass is 420 g/mol. The second-order valence-corrected chi connectivity index (χ2v) is 7.12. The van der Waals surface area contributed by atoms with Crippen molar-refractivity contribution >= 4 is 17.5 Å². The van der Waals surface area contributed by atoms with E-state index in [4.69, 9.17) is 9.84 Å². The van der Waals surface area contributed by atoms with Crippen LogP contribution >= 0.6 is 0 Å². The lowest BCUT2D eigenvalue weighted by atomic mass is 9.96. The van der Waals surface area contributed by atoms with E-state index in [2.05, 4.69) is 25.7 Å². The van der Waals surface area contributed by atoms with Crippen LogP contribution < -0.4 is 15.4 Å². The Bertz CT molecular complexity index is 1110. The van der Waals surface area contributed by atoms with E-state index in [1.165, 1.54) is 0 Å². The Morgan fingerprint density at radius 1 is 1.26 bits per heavy atom. The van der Waals surface area contributed by atoms with Gasteiger partial charge in [0.25, 0.3) is 5.91 Å². The molecule has 1 atom stereocenters. The topological polar surface area (TPSA) is 114 Å². The van der Waals surface area contributed by atoms with Gasteiger partial charge in [0.1, 0.15) is 11.8 Å². The number of pyridine rings is 1. The summed E-state index contributed by atoms with van der Waals surface area (Å²) in [5, 5.41) is 19.9. The van der Waals surface area contributed by atoms with Gasteiger partial charge in [0.2, 0.25) is 5.95 Å².